The number of aryl methyl sites for hydroxylation is 2. The SMILES string of the molecule is Cc1nn(C)c(C)c1OCC(=O)Nc1ccc(Oc2ccnc3ccccc23)cc1. The van der Waals surface area contributed by atoms with Gasteiger partial charge in [-0.25, -0.2) is 0 Å². The zero-order valence-corrected chi connectivity index (χ0v) is 17.0. The van der Waals surface area contributed by atoms with Crippen LogP contribution in [-0.2, 0) is 11.8 Å². The van der Waals surface area contributed by atoms with E-state index in [4.69, 9.17) is 9.47 Å². The lowest BCUT2D eigenvalue weighted by Crippen LogP contribution is -2.20. The van der Waals surface area contributed by atoms with Crippen LogP contribution in [-0.4, -0.2) is 27.3 Å². The fraction of sp³-hybridized carbons (Fsp3) is 0.174. The summed E-state index contributed by atoms with van der Waals surface area (Å²) in [5, 5.41) is 8.04. The minimum absolute atomic E-state index is 0.0887. The van der Waals surface area contributed by atoms with Gasteiger partial charge in [-0.1, -0.05) is 12.1 Å². The molecule has 0 aliphatic carbocycles. The largest absolute Gasteiger partial charge is 0.480 e. The van der Waals surface area contributed by atoms with E-state index in [-0.39, 0.29) is 12.5 Å². The maximum Gasteiger partial charge on any atom is 0.262 e. The van der Waals surface area contributed by atoms with Crippen molar-refractivity contribution in [3.63, 3.8) is 0 Å². The van der Waals surface area contributed by atoms with Crippen LogP contribution in [0, 0.1) is 13.8 Å². The Morgan fingerprint density at radius 3 is 2.57 bits per heavy atom. The molecule has 1 amide bonds. The number of nitrogens with one attached hydrogen (secondary N) is 1. The molecule has 0 aliphatic heterocycles. The van der Waals surface area contributed by atoms with E-state index in [9.17, 15) is 4.79 Å². The van der Waals surface area contributed by atoms with Crippen molar-refractivity contribution in [1.82, 2.24) is 14.8 Å². The van der Waals surface area contributed by atoms with Crippen molar-refractivity contribution < 1.29 is 14.3 Å². The highest BCUT2D eigenvalue weighted by molar-refractivity contribution is 5.92. The molecule has 7 nitrogen and oxygen atoms in total. The summed E-state index contributed by atoms with van der Waals surface area (Å²) in [5.41, 5.74) is 3.17. The Hall–Kier alpha value is -3.87. The number of carbonyl (C=O) groups excluding carboxylic acids is 1. The quantitative estimate of drug-likeness (QED) is 0.517. The van der Waals surface area contributed by atoms with E-state index in [0.717, 1.165) is 28.0 Å². The van der Waals surface area contributed by atoms with Gasteiger partial charge in [0.25, 0.3) is 5.91 Å². The minimum atomic E-state index is -0.244. The van der Waals surface area contributed by atoms with Gasteiger partial charge in [0.05, 0.1) is 11.2 Å². The summed E-state index contributed by atoms with van der Waals surface area (Å²) in [7, 11) is 1.84. The molecule has 4 rings (SSSR count). The summed E-state index contributed by atoms with van der Waals surface area (Å²) in [4.78, 5) is 16.6. The van der Waals surface area contributed by atoms with E-state index in [2.05, 4.69) is 15.4 Å². The zero-order valence-electron chi connectivity index (χ0n) is 17.0. The van der Waals surface area contributed by atoms with Gasteiger partial charge in [0, 0.05) is 24.3 Å². The summed E-state index contributed by atoms with van der Waals surface area (Å²) in [6, 6.07) is 16.8. The molecular formula is C23H22N4O3. The van der Waals surface area contributed by atoms with Gasteiger partial charge in [-0.15, -0.1) is 0 Å². The van der Waals surface area contributed by atoms with Gasteiger partial charge >= 0.3 is 0 Å². The smallest absolute Gasteiger partial charge is 0.262 e. The van der Waals surface area contributed by atoms with E-state index in [0.29, 0.717) is 17.2 Å². The van der Waals surface area contributed by atoms with Gasteiger partial charge in [-0.05, 0) is 56.3 Å². The van der Waals surface area contributed by atoms with E-state index in [1.165, 1.54) is 0 Å². The number of para-hydroxylation sites is 1. The van der Waals surface area contributed by atoms with Crippen LogP contribution in [0.15, 0.2) is 60.8 Å². The Bertz CT molecular complexity index is 1190. The number of fused-ring (bicyclic) bond motifs is 1. The molecule has 152 valence electrons. The molecule has 2 heterocycles. The molecule has 30 heavy (non-hydrogen) atoms. The van der Waals surface area contributed by atoms with E-state index in [1.54, 1.807) is 35.1 Å². The van der Waals surface area contributed by atoms with Gasteiger partial charge in [0.15, 0.2) is 12.4 Å². The lowest BCUT2D eigenvalue weighted by atomic mass is 10.2. The number of aromatic nitrogens is 3. The topological polar surface area (TPSA) is 78.3 Å². The first-order valence-electron chi connectivity index (χ1n) is 9.56. The normalized spacial score (nSPS) is 10.8. The van der Waals surface area contributed by atoms with Crippen molar-refractivity contribution in [2.75, 3.05) is 11.9 Å². The van der Waals surface area contributed by atoms with Crippen molar-refractivity contribution >= 4 is 22.5 Å². The number of pyridine rings is 1. The van der Waals surface area contributed by atoms with E-state index in [1.807, 2.05) is 51.2 Å². The summed E-state index contributed by atoms with van der Waals surface area (Å²) < 4.78 is 13.4. The molecule has 4 aromatic rings. The molecular weight excluding hydrogens is 380 g/mol. The average Bonchev–Trinajstić information content (AvgIpc) is 2.99. The Morgan fingerprint density at radius 2 is 1.83 bits per heavy atom. The van der Waals surface area contributed by atoms with E-state index < -0.39 is 0 Å². The fourth-order valence-corrected chi connectivity index (χ4v) is 3.19. The van der Waals surface area contributed by atoms with Crippen molar-refractivity contribution in [3.05, 3.63) is 72.2 Å². The number of ether oxygens (including phenoxy) is 2. The number of anilines is 1. The Kier molecular flexibility index (Phi) is 5.34. The van der Waals surface area contributed by atoms with Crippen LogP contribution in [0.25, 0.3) is 10.9 Å². The fourth-order valence-electron chi connectivity index (χ4n) is 3.19. The van der Waals surface area contributed by atoms with Crippen LogP contribution in [0.3, 0.4) is 0 Å². The van der Waals surface area contributed by atoms with Crippen LogP contribution < -0.4 is 14.8 Å². The second kappa shape index (κ2) is 8.24. The van der Waals surface area contributed by atoms with Gasteiger partial charge in [0.1, 0.15) is 17.2 Å². The number of benzene rings is 2. The minimum Gasteiger partial charge on any atom is -0.480 e. The van der Waals surface area contributed by atoms with Crippen LogP contribution in [0.1, 0.15) is 11.4 Å². The third kappa shape index (κ3) is 4.10. The Balaban J connectivity index is 1.38. The number of carbonyl (C=O) groups is 1. The van der Waals surface area contributed by atoms with Gasteiger partial charge in [0.2, 0.25) is 0 Å². The molecule has 1 N–H and O–H groups in total. The second-order valence-electron chi connectivity index (χ2n) is 6.91. The molecule has 0 radical (unpaired) electrons. The lowest BCUT2D eigenvalue weighted by Gasteiger charge is -2.10. The molecule has 0 spiro atoms. The van der Waals surface area contributed by atoms with Crippen molar-refractivity contribution in [2.45, 2.75) is 13.8 Å². The molecule has 0 unspecified atom stereocenters. The molecule has 0 bridgehead atoms. The predicted octanol–water partition coefficient (Wildman–Crippen LogP) is 4.39. The van der Waals surface area contributed by atoms with Crippen molar-refractivity contribution in [2.24, 2.45) is 7.05 Å². The third-order valence-electron chi connectivity index (χ3n) is 4.77. The lowest BCUT2D eigenvalue weighted by molar-refractivity contribution is -0.118. The summed E-state index contributed by atoms with van der Waals surface area (Å²) in [5.74, 6) is 1.79. The summed E-state index contributed by atoms with van der Waals surface area (Å²) in [6.07, 6.45) is 1.72. The molecule has 0 saturated carbocycles. The molecule has 7 heteroatoms. The number of rotatable bonds is 6. The average molecular weight is 402 g/mol. The van der Waals surface area contributed by atoms with Crippen molar-refractivity contribution in [3.8, 4) is 17.2 Å². The highest BCUT2D eigenvalue weighted by atomic mass is 16.5. The number of nitrogens with zero attached hydrogens (tertiary/aromatic N) is 3. The number of hydrogen-bond acceptors (Lipinski definition) is 5. The van der Waals surface area contributed by atoms with Crippen molar-refractivity contribution in [1.29, 1.82) is 0 Å². The zero-order chi connectivity index (χ0) is 21.1. The predicted molar refractivity (Wildman–Crippen MR) is 115 cm³/mol. The van der Waals surface area contributed by atoms with Crippen LogP contribution >= 0.6 is 0 Å². The van der Waals surface area contributed by atoms with E-state index >= 15 is 0 Å². The second-order valence-corrected chi connectivity index (χ2v) is 6.91. The number of amides is 1. The molecule has 0 saturated heterocycles. The van der Waals surface area contributed by atoms with Crippen LogP contribution in [0.5, 0.6) is 17.2 Å². The first-order valence-corrected chi connectivity index (χ1v) is 9.56. The molecule has 2 aromatic heterocycles. The first kappa shape index (κ1) is 19.4. The number of hydrogen-bond donors (Lipinski definition) is 1. The Morgan fingerprint density at radius 1 is 1.07 bits per heavy atom. The van der Waals surface area contributed by atoms with Crippen LogP contribution in [0.4, 0.5) is 5.69 Å². The maximum absolute atomic E-state index is 12.2. The highest BCUT2D eigenvalue weighted by Gasteiger charge is 2.13. The maximum atomic E-state index is 12.2. The Labute approximate surface area is 174 Å². The third-order valence-corrected chi connectivity index (χ3v) is 4.77. The molecule has 2 aromatic carbocycles. The van der Waals surface area contributed by atoms with Gasteiger partial charge in [-0.3, -0.25) is 14.5 Å². The van der Waals surface area contributed by atoms with Gasteiger partial charge in [-0.2, -0.15) is 5.10 Å². The first-order chi connectivity index (χ1) is 14.5. The highest BCUT2D eigenvalue weighted by Crippen LogP contribution is 2.29. The molecule has 0 atom stereocenters. The molecule has 0 fully saturated rings. The summed E-state index contributed by atoms with van der Waals surface area (Å²) in [6.45, 7) is 3.66. The molecule has 0 aliphatic rings. The standard InChI is InChI=1S/C23H22N4O3/c1-15-23(16(2)27(3)26-15)29-14-22(28)25-17-8-10-18(11-9-17)30-21-12-13-24-20-7-5-4-6-19(20)21/h4-13H,14H2,1-3H3,(H,25,28). The summed E-state index contributed by atoms with van der Waals surface area (Å²) >= 11 is 0. The van der Waals surface area contributed by atoms with Gasteiger partial charge < -0.3 is 14.8 Å². The monoisotopic (exact) mass is 402 g/mol. The van der Waals surface area contributed by atoms with Crippen LogP contribution in [0.2, 0.25) is 0 Å².